The van der Waals surface area contributed by atoms with Crippen LogP contribution in [0.4, 0.5) is 18.0 Å². The smallest absolute Gasteiger partial charge is 0.416 e. The van der Waals surface area contributed by atoms with Crippen LogP contribution >= 0.6 is 0 Å². The number of ether oxygens (including phenoxy) is 1. The number of hydrogen-bond acceptors (Lipinski definition) is 5. The van der Waals surface area contributed by atoms with E-state index in [-0.39, 0.29) is 37.0 Å². The fraction of sp³-hybridized carbons (Fsp3) is 0.429. The van der Waals surface area contributed by atoms with Crippen molar-refractivity contribution < 1.29 is 27.5 Å². The quantitative estimate of drug-likeness (QED) is 0.577. The molecule has 10 heteroatoms. The van der Waals surface area contributed by atoms with Gasteiger partial charge in [-0.1, -0.05) is 18.7 Å². The van der Waals surface area contributed by atoms with Crippen LogP contribution < -0.4 is 5.32 Å². The van der Waals surface area contributed by atoms with Crippen LogP contribution in [0.3, 0.4) is 0 Å². The number of benzene rings is 1. The summed E-state index contributed by atoms with van der Waals surface area (Å²) in [6, 6.07) is 6.38. The number of carbonyl (C=O) groups is 2. The van der Waals surface area contributed by atoms with E-state index >= 15 is 0 Å². The van der Waals surface area contributed by atoms with E-state index in [4.69, 9.17) is 10.00 Å². The zero-order chi connectivity index (χ0) is 23.0. The van der Waals surface area contributed by atoms with E-state index < -0.39 is 23.7 Å². The molecule has 1 heterocycles. The second kappa shape index (κ2) is 10.6. The summed E-state index contributed by atoms with van der Waals surface area (Å²) < 4.78 is 43.3. The molecule has 0 saturated heterocycles. The highest BCUT2D eigenvalue weighted by atomic mass is 19.4. The zero-order valence-electron chi connectivity index (χ0n) is 17.0. The van der Waals surface area contributed by atoms with Gasteiger partial charge in [0.05, 0.1) is 25.3 Å². The molecular formula is C21H23F3N4O3. The Labute approximate surface area is 178 Å². The number of unbranched alkanes of at least 4 members (excludes halogenated alkanes) is 1. The Balaban J connectivity index is 2.35. The van der Waals surface area contributed by atoms with E-state index in [1.165, 1.54) is 24.1 Å². The van der Waals surface area contributed by atoms with Gasteiger partial charge in [0.25, 0.3) is 5.91 Å². The van der Waals surface area contributed by atoms with Crippen molar-refractivity contribution in [2.24, 2.45) is 10.9 Å². The van der Waals surface area contributed by atoms with Crippen molar-refractivity contribution in [3.63, 3.8) is 0 Å². The molecule has 166 valence electrons. The van der Waals surface area contributed by atoms with E-state index in [9.17, 15) is 22.8 Å². The Morgan fingerprint density at radius 3 is 2.65 bits per heavy atom. The van der Waals surface area contributed by atoms with Gasteiger partial charge in [-0.15, -0.1) is 0 Å². The van der Waals surface area contributed by atoms with Crippen LogP contribution in [0.2, 0.25) is 0 Å². The first-order valence-electron chi connectivity index (χ1n) is 9.56. The lowest BCUT2D eigenvalue weighted by Gasteiger charge is -2.28. The van der Waals surface area contributed by atoms with Crippen LogP contribution in [0.25, 0.3) is 0 Å². The number of nitrogens with zero attached hydrogens (tertiary/aromatic N) is 3. The highest BCUT2D eigenvalue weighted by Gasteiger charge is 2.30. The first kappa shape index (κ1) is 23.9. The van der Waals surface area contributed by atoms with Crippen LogP contribution in [0.1, 0.15) is 30.4 Å². The summed E-state index contributed by atoms with van der Waals surface area (Å²) in [5.41, 5.74) is -0.423. The lowest BCUT2D eigenvalue weighted by atomic mass is 10.0. The predicted molar refractivity (Wildman–Crippen MR) is 107 cm³/mol. The Morgan fingerprint density at radius 1 is 1.39 bits per heavy atom. The second-order valence-corrected chi connectivity index (χ2v) is 7.09. The molecule has 0 fully saturated rings. The number of amidine groups is 1. The SMILES string of the molecule is C=C1CN(C(=O)OC)CC(CCCC#N)CN=C(c2ccc(C(F)(F)F)cc2)NC1=O. The van der Waals surface area contributed by atoms with E-state index in [1.54, 1.807) is 0 Å². The maximum absolute atomic E-state index is 12.8. The van der Waals surface area contributed by atoms with Crippen LogP contribution in [0.5, 0.6) is 0 Å². The molecule has 0 saturated carbocycles. The molecule has 2 rings (SSSR count). The highest BCUT2D eigenvalue weighted by molar-refractivity contribution is 6.12. The second-order valence-electron chi connectivity index (χ2n) is 7.09. The molecule has 1 aromatic carbocycles. The van der Waals surface area contributed by atoms with Crippen molar-refractivity contribution in [2.75, 3.05) is 26.7 Å². The summed E-state index contributed by atoms with van der Waals surface area (Å²) in [4.78, 5) is 30.4. The highest BCUT2D eigenvalue weighted by Crippen LogP contribution is 2.29. The van der Waals surface area contributed by atoms with Gasteiger partial charge in [0, 0.05) is 30.6 Å². The molecule has 7 nitrogen and oxygen atoms in total. The van der Waals surface area contributed by atoms with Crippen molar-refractivity contribution in [1.29, 1.82) is 5.26 Å². The molecule has 0 radical (unpaired) electrons. The molecule has 0 bridgehead atoms. The third kappa shape index (κ3) is 6.84. The molecule has 1 aliphatic heterocycles. The van der Waals surface area contributed by atoms with Crippen molar-refractivity contribution >= 4 is 17.8 Å². The summed E-state index contributed by atoms with van der Waals surface area (Å²) in [5.74, 6) is -0.633. The summed E-state index contributed by atoms with van der Waals surface area (Å²) in [6.07, 6.45) is -3.57. The molecule has 1 N–H and O–H groups in total. The minimum atomic E-state index is -4.47. The lowest BCUT2D eigenvalue weighted by Crippen LogP contribution is -2.42. The van der Waals surface area contributed by atoms with Crippen LogP contribution in [0.15, 0.2) is 41.4 Å². The predicted octanol–water partition coefficient (Wildman–Crippen LogP) is 3.52. The molecule has 0 spiro atoms. The molecule has 1 aliphatic rings. The molecular weight excluding hydrogens is 413 g/mol. The van der Waals surface area contributed by atoms with Crippen molar-refractivity contribution in [3.05, 3.63) is 47.5 Å². The summed E-state index contributed by atoms with van der Waals surface area (Å²) >= 11 is 0. The summed E-state index contributed by atoms with van der Waals surface area (Å²) in [6.45, 7) is 4.05. The van der Waals surface area contributed by atoms with Crippen LogP contribution in [-0.2, 0) is 15.7 Å². The number of rotatable bonds is 4. The van der Waals surface area contributed by atoms with Gasteiger partial charge in [0.1, 0.15) is 5.84 Å². The van der Waals surface area contributed by atoms with E-state index in [1.807, 2.05) is 0 Å². The van der Waals surface area contributed by atoms with Crippen molar-refractivity contribution in [1.82, 2.24) is 10.2 Å². The Bertz CT molecular complexity index is 889. The fourth-order valence-corrected chi connectivity index (χ4v) is 3.09. The minimum absolute atomic E-state index is 0.0719. The number of nitrogens with one attached hydrogen (secondary N) is 1. The van der Waals surface area contributed by atoms with E-state index in [0.717, 1.165) is 12.1 Å². The van der Waals surface area contributed by atoms with Gasteiger partial charge in [-0.2, -0.15) is 18.4 Å². The zero-order valence-corrected chi connectivity index (χ0v) is 17.0. The number of halogens is 3. The first-order valence-corrected chi connectivity index (χ1v) is 9.56. The number of methoxy groups -OCH3 is 1. The standard InChI is InChI=1S/C21H23F3N4O3/c1-14-12-28(20(30)31-2)13-15(5-3-4-10-25)11-26-18(27-19(14)29)16-6-8-17(9-7-16)21(22,23)24/h6-9,15H,1,3-5,11-13H2,2H3,(H,26,27,29). The average molecular weight is 436 g/mol. The van der Waals surface area contributed by atoms with Gasteiger partial charge in [-0.25, -0.2) is 4.79 Å². The largest absolute Gasteiger partial charge is 0.453 e. The monoisotopic (exact) mass is 436 g/mol. The van der Waals surface area contributed by atoms with E-state index in [2.05, 4.69) is 23.0 Å². The molecule has 2 amide bonds. The number of hydrogen-bond donors (Lipinski definition) is 1. The number of nitriles is 1. The molecule has 1 aromatic rings. The lowest BCUT2D eigenvalue weighted by molar-refractivity contribution is -0.137. The average Bonchev–Trinajstić information content (AvgIpc) is 2.74. The first-order chi connectivity index (χ1) is 14.7. The van der Waals surface area contributed by atoms with E-state index in [0.29, 0.717) is 24.8 Å². The third-order valence-corrected chi connectivity index (χ3v) is 4.74. The van der Waals surface area contributed by atoms with Gasteiger partial charge >= 0.3 is 12.3 Å². The van der Waals surface area contributed by atoms with Crippen LogP contribution in [-0.4, -0.2) is 49.5 Å². The number of carbonyl (C=O) groups excluding carboxylic acids is 2. The van der Waals surface area contributed by atoms with Gasteiger partial charge in [-0.3, -0.25) is 9.79 Å². The molecule has 1 unspecified atom stereocenters. The number of aliphatic imine (C=N–C) groups is 1. The van der Waals surface area contributed by atoms with Crippen molar-refractivity contribution in [2.45, 2.75) is 25.4 Å². The van der Waals surface area contributed by atoms with Crippen LogP contribution in [0, 0.1) is 17.2 Å². The Hall–Kier alpha value is -3.35. The third-order valence-electron chi connectivity index (χ3n) is 4.74. The molecule has 31 heavy (non-hydrogen) atoms. The normalized spacial score (nSPS) is 18.0. The Kier molecular flexibility index (Phi) is 8.19. The Morgan fingerprint density at radius 2 is 2.06 bits per heavy atom. The molecule has 1 atom stereocenters. The fourth-order valence-electron chi connectivity index (χ4n) is 3.09. The molecule has 0 aromatic heterocycles. The maximum atomic E-state index is 12.8. The summed E-state index contributed by atoms with van der Waals surface area (Å²) in [5, 5.41) is 11.4. The van der Waals surface area contributed by atoms with Gasteiger partial charge < -0.3 is 15.0 Å². The minimum Gasteiger partial charge on any atom is -0.453 e. The maximum Gasteiger partial charge on any atom is 0.416 e. The number of amides is 2. The van der Waals surface area contributed by atoms with Gasteiger partial charge in [-0.05, 0) is 30.9 Å². The van der Waals surface area contributed by atoms with Gasteiger partial charge in [0.15, 0.2) is 0 Å². The van der Waals surface area contributed by atoms with Gasteiger partial charge in [0.2, 0.25) is 0 Å². The van der Waals surface area contributed by atoms with Crippen molar-refractivity contribution in [3.8, 4) is 6.07 Å². The summed E-state index contributed by atoms with van der Waals surface area (Å²) in [7, 11) is 1.23. The number of alkyl halides is 3. The molecule has 0 aliphatic carbocycles. The topological polar surface area (TPSA) is 94.8 Å².